The summed E-state index contributed by atoms with van der Waals surface area (Å²) in [7, 11) is 0. The van der Waals surface area contributed by atoms with Crippen LogP contribution in [0.25, 0.3) is 0 Å². The molecule has 0 aliphatic carbocycles. The SMILES string of the molecule is CCCCNc1ccc(C(N)=O)nn1. The van der Waals surface area contributed by atoms with Crippen LogP contribution in [0, 0.1) is 0 Å². The molecule has 0 fully saturated rings. The number of hydrogen-bond acceptors (Lipinski definition) is 4. The van der Waals surface area contributed by atoms with Gasteiger partial charge in [0.05, 0.1) is 0 Å². The van der Waals surface area contributed by atoms with Gasteiger partial charge in [-0.25, -0.2) is 0 Å². The largest absolute Gasteiger partial charge is 0.369 e. The van der Waals surface area contributed by atoms with Gasteiger partial charge in [-0.3, -0.25) is 4.79 Å². The fraction of sp³-hybridized carbons (Fsp3) is 0.444. The van der Waals surface area contributed by atoms with Crippen molar-refractivity contribution in [3.8, 4) is 0 Å². The van der Waals surface area contributed by atoms with Gasteiger partial charge in [0.15, 0.2) is 5.69 Å². The lowest BCUT2D eigenvalue weighted by Gasteiger charge is -2.02. The average Bonchev–Trinajstić information content (AvgIpc) is 2.19. The highest BCUT2D eigenvalue weighted by Crippen LogP contribution is 2.01. The Morgan fingerprint density at radius 3 is 2.79 bits per heavy atom. The van der Waals surface area contributed by atoms with Crippen molar-refractivity contribution in [1.82, 2.24) is 10.2 Å². The molecule has 1 heterocycles. The first-order valence-electron chi connectivity index (χ1n) is 4.61. The van der Waals surface area contributed by atoms with E-state index >= 15 is 0 Å². The molecule has 1 aromatic rings. The maximum atomic E-state index is 10.7. The van der Waals surface area contributed by atoms with Gasteiger partial charge in [0.1, 0.15) is 5.82 Å². The third-order valence-corrected chi connectivity index (χ3v) is 1.75. The van der Waals surface area contributed by atoms with Crippen molar-refractivity contribution in [3.63, 3.8) is 0 Å². The lowest BCUT2D eigenvalue weighted by molar-refractivity contribution is 0.0994. The van der Waals surface area contributed by atoms with Crippen molar-refractivity contribution in [2.45, 2.75) is 19.8 Å². The van der Waals surface area contributed by atoms with Gasteiger partial charge in [0.2, 0.25) is 0 Å². The van der Waals surface area contributed by atoms with Crippen LogP contribution in [0.1, 0.15) is 30.3 Å². The number of hydrogen-bond donors (Lipinski definition) is 2. The maximum Gasteiger partial charge on any atom is 0.269 e. The summed E-state index contributed by atoms with van der Waals surface area (Å²) in [6.45, 7) is 2.98. The van der Waals surface area contributed by atoms with E-state index in [-0.39, 0.29) is 5.69 Å². The number of carbonyl (C=O) groups excluding carboxylic acids is 1. The van der Waals surface area contributed by atoms with Crippen LogP contribution in [0.5, 0.6) is 0 Å². The van der Waals surface area contributed by atoms with Gasteiger partial charge >= 0.3 is 0 Å². The summed E-state index contributed by atoms with van der Waals surface area (Å²) < 4.78 is 0. The van der Waals surface area contributed by atoms with Crippen LogP contribution in [0.3, 0.4) is 0 Å². The minimum atomic E-state index is -0.558. The van der Waals surface area contributed by atoms with Gasteiger partial charge in [0.25, 0.3) is 5.91 Å². The van der Waals surface area contributed by atoms with E-state index in [9.17, 15) is 4.79 Å². The number of anilines is 1. The molecule has 3 N–H and O–H groups in total. The molecule has 0 unspecified atom stereocenters. The molecule has 5 nitrogen and oxygen atoms in total. The second-order valence-corrected chi connectivity index (χ2v) is 2.95. The molecule has 0 spiro atoms. The highest BCUT2D eigenvalue weighted by molar-refractivity contribution is 5.90. The first kappa shape index (κ1) is 10.4. The van der Waals surface area contributed by atoms with Gasteiger partial charge in [-0.1, -0.05) is 13.3 Å². The molecule has 0 saturated carbocycles. The number of carbonyl (C=O) groups is 1. The normalized spacial score (nSPS) is 9.79. The molecule has 0 bridgehead atoms. The maximum absolute atomic E-state index is 10.7. The van der Waals surface area contributed by atoms with Gasteiger partial charge in [-0.2, -0.15) is 0 Å². The molecule has 0 aliphatic heterocycles. The molecule has 1 rings (SSSR count). The van der Waals surface area contributed by atoms with Crippen LogP contribution < -0.4 is 11.1 Å². The molecule has 1 amide bonds. The highest BCUT2D eigenvalue weighted by atomic mass is 16.1. The van der Waals surface area contributed by atoms with Crippen LogP contribution in [0.4, 0.5) is 5.82 Å². The third-order valence-electron chi connectivity index (χ3n) is 1.75. The Hall–Kier alpha value is -1.65. The predicted molar refractivity (Wildman–Crippen MR) is 53.9 cm³/mol. The predicted octanol–water partition coefficient (Wildman–Crippen LogP) is 0.788. The molecule has 0 saturated heterocycles. The quantitative estimate of drug-likeness (QED) is 0.679. The summed E-state index contributed by atoms with van der Waals surface area (Å²) in [6, 6.07) is 3.26. The van der Waals surface area contributed by atoms with E-state index in [0.29, 0.717) is 5.82 Å². The summed E-state index contributed by atoms with van der Waals surface area (Å²) in [4.78, 5) is 10.7. The standard InChI is InChI=1S/C9H14N4O/c1-2-3-6-11-8-5-4-7(9(10)14)12-13-8/h4-5H,2-3,6H2,1H3,(H2,10,14)(H,11,13). The number of nitrogens with one attached hydrogen (secondary N) is 1. The lowest BCUT2D eigenvalue weighted by Crippen LogP contribution is -2.14. The molecule has 0 aromatic carbocycles. The van der Waals surface area contributed by atoms with Crippen LogP contribution >= 0.6 is 0 Å². The number of nitrogens with two attached hydrogens (primary N) is 1. The van der Waals surface area contributed by atoms with Gasteiger partial charge in [-0.15, -0.1) is 10.2 Å². The molecule has 1 aromatic heterocycles. The zero-order valence-electron chi connectivity index (χ0n) is 8.16. The van der Waals surface area contributed by atoms with Crippen molar-refractivity contribution in [2.24, 2.45) is 5.73 Å². The average molecular weight is 194 g/mol. The van der Waals surface area contributed by atoms with Gasteiger partial charge < -0.3 is 11.1 Å². The zero-order chi connectivity index (χ0) is 10.4. The Balaban J connectivity index is 2.51. The van der Waals surface area contributed by atoms with Crippen molar-refractivity contribution in [3.05, 3.63) is 17.8 Å². The first-order valence-corrected chi connectivity index (χ1v) is 4.61. The fourth-order valence-electron chi connectivity index (χ4n) is 0.951. The second-order valence-electron chi connectivity index (χ2n) is 2.95. The minimum Gasteiger partial charge on any atom is -0.369 e. The fourth-order valence-corrected chi connectivity index (χ4v) is 0.951. The minimum absolute atomic E-state index is 0.186. The van der Waals surface area contributed by atoms with E-state index in [1.165, 1.54) is 0 Å². The molecule has 14 heavy (non-hydrogen) atoms. The van der Waals surface area contributed by atoms with E-state index in [2.05, 4.69) is 22.4 Å². The van der Waals surface area contributed by atoms with E-state index in [1.54, 1.807) is 12.1 Å². The Morgan fingerprint density at radius 2 is 2.29 bits per heavy atom. The van der Waals surface area contributed by atoms with Crippen molar-refractivity contribution >= 4 is 11.7 Å². The summed E-state index contributed by atoms with van der Waals surface area (Å²) >= 11 is 0. The van der Waals surface area contributed by atoms with Crippen molar-refractivity contribution < 1.29 is 4.79 Å². The van der Waals surface area contributed by atoms with E-state index in [4.69, 9.17) is 5.73 Å². The Kier molecular flexibility index (Phi) is 3.84. The van der Waals surface area contributed by atoms with Gasteiger partial charge in [0, 0.05) is 6.54 Å². The summed E-state index contributed by atoms with van der Waals surface area (Å²) in [5, 5.41) is 10.6. The monoisotopic (exact) mass is 194 g/mol. The van der Waals surface area contributed by atoms with E-state index in [0.717, 1.165) is 19.4 Å². The number of nitrogens with zero attached hydrogens (tertiary/aromatic N) is 2. The zero-order valence-corrected chi connectivity index (χ0v) is 8.16. The first-order chi connectivity index (χ1) is 6.74. The van der Waals surface area contributed by atoms with Crippen LogP contribution in [-0.2, 0) is 0 Å². The third kappa shape index (κ3) is 3.01. The number of unbranched alkanes of at least 4 members (excludes halogenated alkanes) is 1. The van der Waals surface area contributed by atoms with Crippen LogP contribution in [0.2, 0.25) is 0 Å². The summed E-state index contributed by atoms with van der Waals surface area (Å²) in [5.74, 6) is 0.112. The number of primary amides is 1. The van der Waals surface area contributed by atoms with Crippen molar-refractivity contribution in [1.29, 1.82) is 0 Å². The molecule has 0 atom stereocenters. The number of rotatable bonds is 5. The summed E-state index contributed by atoms with van der Waals surface area (Å²) in [5.41, 5.74) is 5.21. The van der Waals surface area contributed by atoms with E-state index in [1.807, 2.05) is 0 Å². The smallest absolute Gasteiger partial charge is 0.269 e. The lowest BCUT2D eigenvalue weighted by atomic mass is 10.3. The second kappa shape index (κ2) is 5.16. The van der Waals surface area contributed by atoms with Crippen LogP contribution in [-0.4, -0.2) is 22.6 Å². The molecular formula is C9H14N4O. The van der Waals surface area contributed by atoms with Crippen molar-refractivity contribution in [2.75, 3.05) is 11.9 Å². The molecule has 0 aliphatic rings. The number of amides is 1. The Morgan fingerprint density at radius 1 is 1.50 bits per heavy atom. The van der Waals surface area contributed by atoms with Gasteiger partial charge in [-0.05, 0) is 18.6 Å². The number of aromatic nitrogens is 2. The topological polar surface area (TPSA) is 80.9 Å². The molecule has 76 valence electrons. The molecule has 5 heteroatoms. The Bertz CT molecular complexity index is 296. The van der Waals surface area contributed by atoms with E-state index < -0.39 is 5.91 Å². The van der Waals surface area contributed by atoms with Crippen LogP contribution in [0.15, 0.2) is 12.1 Å². The highest BCUT2D eigenvalue weighted by Gasteiger charge is 2.01. The molecule has 0 radical (unpaired) electrons. The molecular weight excluding hydrogens is 180 g/mol. The Labute approximate surface area is 82.7 Å². The summed E-state index contributed by atoms with van der Waals surface area (Å²) in [6.07, 6.45) is 2.21.